The van der Waals surface area contributed by atoms with Crippen molar-refractivity contribution >= 4 is 57.0 Å². The van der Waals surface area contributed by atoms with Gasteiger partial charge in [0.1, 0.15) is 0 Å². The molecule has 0 fully saturated rings. The first-order chi connectivity index (χ1) is 11.0. The van der Waals surface area contributed by atoms with Gasteiger partial charge in [0.15, 0.2) is 0 Å². The minimum absolute atomic E-state index is 0.428. The molecule has 0 aliphatic heterocycles. The Balaban J connectivity index is 1.90. The van der Waals surface area contributed by atoms with Crippen molar-refractivity contribution in [2.24, 2.45) is 5.10 Å². The van der Waals surface area contributed by atoms with Crippen LogP contribution in [0.3, 0.4) is 0 Å². The van der Waals surface area contributed by atoms with Crippen molar-refractivity contribution in [3.8, 4) is 0 Å². The Morgan fingerprint density at radius 3 is 2.22 bits per heavy atom. The minimum Gasteiger partial charge on any atom is -0.275 e. The van der Waals surface area contributed by atoms with E-state index in [4.69, 9.17) is 34.8 Å². The summed E-state index contributed by atoms with van der Waals surface area (Å²) in [5, 5.41) is 8.08. The molecule has 0 aliphatic rings. The first-order valence-corrected chi connectivity index (χ1v) is 8.12. The van der Waals surface area contributed by atoms with Crippen LogP contribution >= 0.6 is 34.8 Å². The van der Waals surface area contributed by atoms with E-state index in [1.807, 2.05) is 25.1 Å². The second-order valence-electron chi connectivity index (χ2n) is 5.12. The molecular formula is C18H13Cl3N2. The van der Waals surface area contributed by atoms with Crippen LogP contribution < -0.4 is 5.43 Å². The van der Waals surface area contributed by atoms with Crippen LogP contribution in [0.25, 0.3) is 10.8 Å². The van der Waals surface area contributed by atoms with Crippen LogP contribution in [0.15, 0.2) is 59.7 Å². The average Bonchev–Trinajstić information content (AvgIpc) is 2.53. The SMILES string of the molecule is CC(=NNc1c(Cl)cc(Cl)cc1Cl)c1ccc2ccccc2c1. The van der Waals surface area contributed by atoms with Crippen molar-refractivity contribution in [3.63, 3.8) is 0 Å². The van der Waals surface area contributed by atoms with E-state index in [0.29, 0.717) is 20.8 Å². The number of nitrogens with one attached hydrogen (secondary N) is 1. The summed E-state index contributed by atoms with van der Waals surface area (Å²) in [6.45, 7) is 1.93. The van der Waals surface area contributed by atoms with Crippen LogP contribution in [0.2, 0.25) is 15.1 Å². The number of benzene rings is 3. The van der Waals surface area contributed by atoms with Gasteiger partial charge < -0.3 is 0 Å². The van der Waals surface area contributed by atoms with Crippen molar-refractivity contribution < 1.29 is 0 Å². The summed E-state index contributed by atoms with van der Waals surface area (Å²) in [6, 6.07) is 17.7. The Morgan fingerprint density at radius 2 is 1.52 bits per heavy atom. The maximum absolute atomic E-state index is 6.14. The normalized spacial score (nSPS) is 11.7. The lowest BCUT2D eigenvalue weighted by molar-refractivity contribution is 1.32. The van der Waals surface area contributed by atoms with Crippen LogP contribution in [0.4, 0.5) is 5.69 Å². The number of anilines is 1. The predicted molar refractivity (Wildman–Crippen MR) is 101 cm³/mol. The van der Waals surface area contributed by atoms with Gasteiger partial charge in [0, 0.05) is 5.02 Å². The molecule has 0 spiro atoms. The number of hydrogen-bond donors (Lipinski definition) is 1. The molecule has 1 N–H and O–H groups in total. The van der Waals surface area contributed by atoms with Crippen molar-refractivity contribution in [2.45, 2.75) is 6.92 Å². The summed E-state index contributed by atoms with van der Waals surface area (Å²) >= 11 is 18.2. The van der Waals surface area contributed by atoms with Gasteiger partial charge in [-0.05, 0) is 41.5 Å². The maximum atomic E-state index is 6.14. The molecule has 0 amide bonds. The number of fused-ring (bicyclic) bond motifs is 1. The zero-order valence-corrected chi connectivity index (χ0v) is 14.5. The molecule has 5 heteroatoms. The third-order valence-electron chi connectivity index (χ3n) is 3.51. The summed E-state index contributed by atoms with van der Waals surface area (Å²) in [4.78, 5) is 0. The lowest BCUT2D eigenvalue weighted by Crippen LogP contribution is -2.00. The summed E-state index contributed by atoms with van der Waals surface area (Å²) in [5.41, 5.74) is 5.32. The van der Waals surface area contributed by atoms with Gasteiger partial charge >= 0.3 is 0 Å². The summed E-state index contributed by atoms with van der Waals surface area (Å²) < 4.78 is 0. The van der Waals surface area contributed by atoms with E-state index in [1.165, 1.54) is 10.8 Å². The third kappa shape index (κ3) is 3.61. The molecular weight excluding hydrogens is 351 g/mol. The van der Waals surface area contributed by atoms with Crippen LogP contribution in [0, 0.1) is 0 Å². The molecule has 116 valence electrons. The van der Waals surface area contributed by atoms with Crippen LogP contribution in [0.5, 0.6) is 0 Å². The number of nitrogens with zero attached hydrogens (tertiary/aromatic N) is 1. The molecule has 3 aromatic carbocycles. The summed E-state index contributed by atoms with van der Waals surface area (Å²) in [5.74, 6) is 0. The topological polar surface area (TPSA) is 24.4 Å². The first-order valence-electron chi connectivity index (χ1n) is 6.98. The number of rotatable bonds is 3. The van der Waals surface area contributed by atoms with Gasteiger partial charge in [-0.3, -0.25) is 5.43 Å². The standard InChI is InChI=1S/C18H13Cl3N2/c1-11(13-7-6-12-4-2-3-5-14(12)8-13)22-23-18-16(20)9-15(19)10-17(18)21/h2-10,23H,1H3. The molecule has 0 aromatic heterocycles. The van der Waals surface area contributed by atoms with E-state index in [1.54, 1.807) is 12.1 Å². The monoisotopic (exact) mass is 362 g/mol. The van der Waals surface area contributed by atoms with Gasteiger partial charge in [-0.15, -0.1) is 0 Å². The van der Waals surface area contributed by atoms with Gasteiger partial charge in [-0.25, -0.2) is 0 Å². The second-order valence-corrected chi connectivity index (χ2v) is 6.37. The molecule has 0 saturated heterocycles. The van der Waals surface area contributed by atoms with E-state index in [0.717, 1.165) is 11.3 Å². The first kappa shape index (κ1) is 16.1. The molecule has 3 aromatic rings. The highest BCUT2D eigenvalue weighted by Crippen LogP contribution is 2.33. The Hall–Kier alpha value is -1.74. The number of hydrazone groups is 1. The Labute approximate surface area is 149 Å². The molecule has 0 heterocycles. The highest BCUT2D eigenvalue weighted by Gasteiger charge is 2.07. The zero-order chi connectivity index (χ0) is 16.4. The average molecular weight is 364 g/mol. The quantitative estimate of drug-likeness (QED) is 0.409. The zero-order valence-electron chi connectivity index (χ0n) is 12.3. The van der Waals surface area contributed by atoms with Crippen molar-refractivity contribution in [2.75, 3.05) is 5.43 Å². The Bertz CT molecular complexity index is 881. The van der Waals surface area contributed by atoms with E-state index >= 15 is 0 Å². The minimum atomic E-state index is 0.428. The fraction of sp³-hybridized carbons (Fsp3) is 0.0556. The fourth-order valence-corrected chi connectivity index (χ4v) is 3.17. The lowest BCUT2D eigenvalue weighted by Gasteiger charge is -2.09. The van der Waals surface area contributed by atoms with Crippen molar-refractivity contribution in [1.29, 1.82) is 0 Å². The lowest BCUT2D eigenvalue weighted by atomic mass is 10.0. The van der Waals surface area contributed by atoms with Crippen LogP contribution in [-0.4, -0.2) is 5.71 Å². The summed E-state index contributed by atoms with van der Waals surface area (Å²) in [6.07, 6.45) is 0. The van der Waals surface area contributed by atoms with Gasteiger partial charge in [0.2, 0.25) is 0 Å². The molecule has 0 saturated carbocycles. The van der Waals surface area contributed by atoms with Gasteiger partial charge in [-0.1, -0.05) is 71.2 Å². The Kier molecular flexibility index (Phi) is 4.76. The second kappa shape index (κ2) is 6.79. The molecule has 0 unspecified atom stereocenters. The van der Waals surface area contributed by atoms with Crippen LogP contribution in [0.1, 0.15) is 12.5 Å². The molecule has 3 rings (SSSR count). The smallest absolute Gasteiger partial charge is 0.0935 e. The molecule has 23 heavy (non-hydrogen) atoms. The van der Waals surface area contributed by atoms with Crippen LogP contribution in [-0.2, 0) is 0 Å². The number of halogens is 3. The largest absolute Gasteiger partial charge is 0.275 e. The molecule has 0 aliphatic carbocycles. The maximum Gasteiger partial charge on any atom is 0.0935 e. The highest BCUT2D eigenvalue weighted by molar-refractivity contribution is 6.41. The van der Waals surface area contributed by atoms with E-state index in [-0.39, 0.29) is 0 Å². The molecule has 0 atom stereocenters. The van der Waals surface area contributed by atoms with Gasteiger partial charge in [-0.2, -0.15) is 5.10 Å². The van der Waals surface area contributed by atoms with Gasteiger partial charge in [0.05, 0.1) is 21.4 Å². The predicted octanol–water partition coefficient (Wildman–Crippen LogP) is 6.64. The van der Waals surface area contributed by atoms with E-state index < -0.39 is 0 Å². The number of hydrogen-bond acceptors (Lipinski definition) is 2. The fourth-order valence-electron chi connectivity index (χ4n) is 2.27. The van der Waals surface area contributed by atoms with Gasteiger partial charge in [0.25, 0.3) is 0 Å². The Morgan fingerprint density at radius 1 is 0.870 bits per heavy atom. The van der Waals surface area contributed by atoms with E-state index in [2.05, 4.69) is 34.8 Å². The molecule has 0 radical (unpaired) electrons. The highest BCUT2D eigenvalue weighted by atomic mass is 35.5. The summed E-state index contributed by atoms with van der Waals surface area (Å²) in [7, 11) is 0. The molecule has 0 bridgehead atoms. The third-order valence-corrected chi connectivity index (χ3v) is 4.32. The molecule has 2 nitrogen and oxygen atoms in total. The van der Waals surface area contributed by atoms with E-state index in [9.17, 15) is 0 Å². The van der Waals surface area contributed by atoms with Crippen molar-refractivity contribution in [1.82, 2.24) is 0 Å². The van der Waals surface area contributed by atoms with Crippen molar-refractivity contribution in [3.05, 3.63) is 75.2 Å².